The van der Waals surface area contributed by atoms with Crippen molar-refractivity contribution < 1.29 is 4.79 Å². The molecular weight excluding hydrogens is 162 g/mol. The summed E-state index contributed by atoms with van der Waals surface area (Å²) < 4.78 is 0. The van der Waals surface area contributed by atoms with Crippen LogP contribution in [-0.4, -0.2) is 10.8 Å². The van der Waals surface area contributed by atoms with E-state index in [2.05, 4.69) is 11.1 Å². The zero-order chi connectivity index (χ0) is 9.42. The molecule has 0 amide bonds. The number of nitrogens with zero attached hydrogens (tertiary/aromatic N) is 1. The van der Waals surface area contributed by atoms with Crippen LogP contribution in [0.3, 0.4) is 0 Å². The first kappa shape index (κ1) is 8.42. The Kier molecular flexibility index (Phi) is 1.91. The van der Waals surface area contributed by atoms with Crippen LogP contribution in [0.4, 0.5) is 0 Å². The second kappa shape index (κ2) is 2.95. The maximum Gasteiger partial charge on any atom is 0.133 e. The number of pyridine rings is 1. The molecule has 1 saturated carbocycles. The van der Waals surface area contributed by atoms with Crippen LogP contribution in [0, 0.1) is 12.8 Å². The highest BCUT2D eigenvalue weighted by Crippen LogP contribution is 2.46. The highest BCUT2D eigenvalue weighted by Gasteiger charge is 2.42. The fraction of sp³-hybridized carbons (Fsp3) is 0.455. The summed E-state index contributed by atoms with van der Waals surface area (Å²) >= 11 is 0. The summed E-state index contributed by atoms with van der Waals surface area (Å²) in [7, 11) is 0. The molecule has 1 aromatic rings. The second-order valence-corrected chi connectivity index (χ2v) is 3.82. The lowest BCUT2D eigenvalue weighted by Crippen LogP contribution is -1.96. The summed E-state index contributed by atoms with van der Waals surface area (Å²) in [5, 5.41) is 0. The Bertz CT molecular complexity index is 328. The van der Waals surface area contributed by atoms with Crippen molar-refractivity contribution in [1.29, 1.82) is 0 Å². The summed E-state index contributed by atoms with van der Waals surface area (Å²) in [6, 6.07) is 4.08. The molecule has 1 heterocycles. The molecule has 1 aromatic heterocycles. The first-order valence-corrected chi connectivity index (χ1v) is 4.61. The lowest BCUT2D eigenvalue weighted by molar-refractivity contribution is -0.118. The highest BCUT2D eigenvalue weighted by molar-refractivity contribution is 5.82. The summed E-state index contributed by atoms with van der Waals surface area (Å²) in [6.45, 7) is 3.69. The van der Waals surface area contributed by atoms with Gasteiger partial charge in [0.2, 0.25) is 0 Å². The molecule has 2 nitrogen and oxygen atoms in total. The Labute approximate surface area is 78.0 Å². The van der Waals surface area contributed by atoms with E-state index >= 15 is 0 Å². The maximum absolute atomic E-state index is 11.0. The van der Waals surface area contributed by atoms with Crippen LogP contribution in [0.25, 0.3) is 0 Å². The van der Waals surface area contributed by atoms with E-state index in [4.69, 9.17) is 0 Å². The average molecular weight is 175 g/mol. The molecule has 0 radical (unpaired) electrons. The van der Waals surface area contributed by atoms with Gasteiger partial charge < -0.3 is 0 Å². The van der Waals surface area contributed by atoms with E-state index in [1.165, 1.54) is 5.56 Å². The largest absolute Gasteiger partial charge is 0.300 e. The van der Waals surface area contributed by atoms with Gasteiger partial charge in [0.05, 0.1) is 0 Å². The van der Waals surface area contributed by atoms with Crippen LogP contribution in [0.1, 0.15) is 30.5 Å². The summed E-state index contributed by atoms with van der Waals surface area (Å²) in [5.74, 6) is 0.945. The number of aryl methyl sites for hydroxylation is 1. The Hall–Kier alpha value is -1.18. The zero-order valence-corrected chi connectivity index (χ0v) is 7.95. The molecule has 0 N–H and O–H groups in total. The normalized spacial score (nSPS) is 25.7. The number of Topliss-reactive ketones (excluding diaryl/α,β-unsaturated/α-hetero) is 1. The van der Waals surface area contributed by atoms with Gasteiger partial charge in [0.15, 0.2) is 0 Å². The predicted octanol–water partition coefficient (Wildman–Crippen LogP) is 2.08. The van der Waals surface area contributed by atoms with E-state index in [-0.39, 0.29) is 5.92 Å². The molecule has 0 aliphatic heterocycles. The molecule has 1 aliphatic carbocycles. The van der Waals surface area contributed by atoms with Gasteiger partial charge in [-0.15, -0.1) is 0 Å². The molecule has 0 bridgehead atoms. The fourth-order valence-corrected chi connectivity index (χ4v) is 1.67. The van der Waals surface area contributed by atoms with Gasteiger partial charge in [-0.3, -0.25) is 9.78 Å². The van der Waals surface area contributed by atoms with Crippen molar-refractivity contribution in [3.8, 4) is 0 Å². The Morgan fingerprint density at radius 3 is 2.77 bits per heavy atom. The van der Waals surface area contributed by atoms with Gasteiger partial charge in [0.25, 0.3) is 0 Å². The molecule has 0 saturated heterocycles. The van der Waals surface area contributed by atoms with Crippen LogP contribution in [0.15, 0.2) is 18.3 Å². The lowest BCUT2D eigenvalue weighted by atomic mass is 10.1. The van der Waals surface area contributed by atoms with Gasteiger partial charge in [-0.05, 0) is 31.9 Å². The van der Waals surface area contributed by atoms with Gasteiger partial charge in [0, 0.05) is 23.7 Å². The van der Waals surface area contributed by atoms with Crippen LogP contribution in [0.2, 0.25) is 0 Å². The third-order valence-electron chi connectivity index (χ3n) is 2.63. The standard InChI is InChI=1S/C11H13NO/c1-7-3-4-11(12-6-7)10-5-9(10)8(2)13/h3-4,6,9-10H,5H2,1-2H3. The number of hydrogen-bond acceptors (Lipinski definition) is 2. The number of ketones is 1. The monoisotopic (exact) mass is 175 g/mol. The third kappa shape index (κ3) is 1.62. The van der Waals surface area contributed by atoms with Gasteiger partial charge in [0.1, 0.15) is 5.78 Å². The molecule has 13 heavy (non-hydrogen) atoms. The van der Waals surface area contributed by atoms with Crippen molar-refractivity contribution in [2.24, 2.45) is 5.92 Å². The first-order valence-electron chi connectivity index (χ1n) is 4.61. The quantitative estimate of drug-likeness (QED) is 0.688. The lowest BCUT2D eigenvalue weighted by Gasteiger charge is -1.97. The van der Waals surface area contributed by atoms with Crippen LogP contribution >= 0.6 is 0 Å². The van der Waals surface area contributed by atoms with E-state index in [0.29, 0.717) is 11.7 Å². The van der Waals surface area contributed by atoms with Crippen molar-refractivity contribution in [1.82, 2.24) is 4.98 Å². The predicted molar refractivity (Wildman–Crippen MR) is 50.5 cm³/mol. The minimum absolute atomic E-state index is 0.246. The van der Waals surface area contributed by atoms with E-state index in [0.717, 1.165) is 12.1 Å². The molecule has 1 aliphatic rings. The Morgan fingerprint density at radius 2 is 2.31 bits per heavy atom. The summed E-state index contributed by atoms with van der Waals surface area (Å²) in [6.07, 6.45) is 2.86. The molecular formula is C11H13NO. The van der Waals surface area contributed by atoms with Crippen molar-refractivity contribution in [2.75, 3.05) is 0 Å². The van der Waals surface area contributed by atoms with E-state index in [1.807, 2.05) is 19.2 Å². The second-order valence-electron chi connectivity index (χ2n) is 3.82. The Morgan fingerprint density at radius 1 is 1.54 bits per heavy atom. The van der Waals surface area contributed by atoms with Crippen LogP contribution < -0.4 is 0 Å². The molecule has 0 aromatic carbocycles. The van der Waals surface area contributed by atoms with Crippen molar-refractivity contribution >= 4 is 5.78 Å². The summed E-state index contributed by atoms with van der Waals surface area (Å²) in [4.78, 5) is 15.3. The summed E-state index contributed by atoms with van der Waals surface area (Å²) in [5.41, 5.74) is 2.24. The van der Waals surface area contributed by atoms with Crippen molar-refractivity contribution in [3.05, 3.63) is 29.6 Å². The van der Waals surface area contributed by atoms with Gasteiger partial charge in [-0.25, -0.2) is 0 Å². The molecule has 1 fully saturated rings. The minimum Gasteiger partial charge on any atom is -0.300 e. The molecule has 2 atom stereocenters. The van der Waals surface area contributed by atoms with Crippen molar-refractivity contribution in [2.45, 2.75) is 26.2 Å². The number of carbonyl (C=O) groups is 1. The number of carbonyl (C=O) groups excluding carboxylic acids is 1. The molecule has 2 heteroatoms. The zero-order valence-electron chi connectivity index (χ0n) is 7.95. The third-order valence-corrected chi connectivity index (χ3v) is 2.63. The molecule has 68 valence electrons. The fourth-order valence-electron chi connectivity index (χ4n) is 1.67. The maximum atomic E-state index is 11.0. The molecule has 2 rings (SSSR count). The van der Waals surface area contributed by atoms with Crippen LogP contribution in [0.5, 0.6) is 0 Å². The van der Waals surface area contributed by atoms with Crippen LogP contribution in [-0.2, 0) is 4.79 Å². The highest BCUT2D eigenvalue weighted by atomic mass is 16.1. The Balaban J connectivity index is 2.12. The van der Waals surface area contributed by atoms with Gasteiger partial charge in [-0.2, -0.15) is 0 Å². The topological polar surface area (TPSA) is 30.0 Å². The number of aromatic nitrogens is 1. The number of hydrogen-bond donors (Lipinski definition) is 0. The van der Waals surface area contributed by atoms with Gasteiger partial charge >= 0.3 is 0 Å². The van der Waals surface area contributed by atoms with E-state index < -0.39 is 0 Å². The van der Waals surface area contributed by atoms with E-state index in [1.54, 1.807) is 6.92 Å². The first-order chi connectivity index (χ1) is 6.18. The number of rotatable bonds is 2. The minimum atomic E-state index is 0.246. The van der Waals surface area contributed by atoms with Gasteiger partial charge in [-0.1, -0.05) is 6.07 Å². The average Bonchev–Trinajstić information content (AvgIpc) is 2.85. The molecule has 0 spiro atoms. The van der Waals surface area contributed by atoms with Crippen molar-refractivity contribution in [3.63, 3.8) is 0 Å². The van der Waals surface area contributed by atoms with E-state index in [9.17, 15) is 4.79 Å². The smallest absolute Gasteiger partial charge is 0.133 e. The SMILES string of the molecule is CC(=O)C1CC1c1ccc(C)cn1. The molecule has 2 unspecified atom stereocenters.